The van der Waals surface area contributed by atoms with Gasteiger partial charge in [-0.1, -0.05) is 18.2 Å². The van der Waals surface area contributed by atoms with Crippen LogP contribution in [0.5, 0.6) is 0 Å². The van der Waals surface area contributed by atoms with E-state index in [0.29, 0.717) is 12.1 Å². The van der Waals surface area contributed by atoms with Gasteiger partial charge in [0.2, 0.25) is 0 Å². The van der Waals surface area contributed by atoms with Gasteiger partial charge in [-0.2, -0.15) is 0 Å². The number of hydrogen-bond acceptors (Lipinski definition) is 4. The first kappa shape index (κ1) is 17.1. The second kappa shape index (κ2) is 8.39. The SMILES string of the molecule is Cc1ccsc1CN(C)CC(O)COCc1ccccc1F. The Hall–Kier alpha value is -1.27. The molecule has 0 aliphatic heterocycles. The van der Waals surface area contributed by atoms with E-state index in [0.717, 1.165) is 6.54 Å². The van der Waals surface area contributed by atoms with Crippen molar-refractivity contribution in [2.75, 3.05) is 20.2 Å². The highest BCUT2D eigenvalue weighted by Crippen LogP contribution is 2.17. The lowest BCUT2D eigenvalue weighted by Gasteiger charge is -2.20. The topological polar surface area (TPSA) is 32.7 Å². The Labute approximate surface area is 135 Å². The molecule has 1 N–H and O–H groups in total. The monoisotopic (exact) mass is 323 g/mol. The molecule has 1 heterocycles. The lowest BCUT2D eigenvalue weighted by Crippen LogP contribution is -2.31. The molecule has 0 saturated heterocycles. The molecule has 1 aromatic carbocycles. The highest BCUT2D eigenvalue weighted by atomic mass is 32.1. The van der Waals surface area contributed by atoms with Crippen molar-refractivity contribution >= 4 is 11.3 Å². The first-order valence-corrected chi connectivity index (χ1v) is 8.15. The van der Waals surface area contributed by atoms with Gasteiger partial charge in [-0.25, -0.2) is 4.39 Å². The van der Waals surface area contributed by atoms with Crippen LogP contribution in [0.2, 0.25) is 0 Å². The minimum absolute atomic E-state index is 0.178. The highest BCUT2D eigenvalue weighted by molar-refractivity contribution is 7.10. The summed E-state index contributed by atoms with van der Waals surface area (Å²) in [5.41, 5.74) is 1.79. The van der Waals surface area contributed by atoms with Gasteiger partial charge in [0.05, 0.1) is 19.3 Å². The summed E-state index contributed by atoms with van der Waals surface area (Å²) in [6.45, 7) is 3.80. The number of aryl methyl sites for hydroxylation is 1. The molecule has 0 saturated carbocycles. The van der Waals surface area contributed by atoms with E-state index in [1.165, 1.54) is 16.5 Å². The van der Waals surface area contributed by atoms with Crippen molar-refractivity contribution in [2.45, 2.75) is 26.2 Å². The number of hydrogen-bond donors (Lipinski definition) is 1. The van der Waals surface area contributed by atoms with Crippen LogP contribution in [-0.4, -0.2) is 36.3 Å². The average molecular weight is 323 g/mol. The number of ether oxygens (including phenoxy) is 1. The lowest BCUT2D eigenvalue weighted by atomic mass is 10.2. The summed E-state index contributed by atoms with van der Waals surface area (Å²) in [7, 11) is 1.97. The molecule has 0 aliphatic rings. The fourth-order valence-electron chi connectivity index (χ4n) is 2.21. The van der Waals surface area contributed by atoms with E-state index in [-0.39, 0.29) is 19.0 Å². The fourth-order valence-corrected chi connectivity index (χ4v) is 3.19. The summed E-state index contributed by atoms with van der Waals surface area (Å²) in [4.78, 5) is 3.37. The van der Waals surface area contributed by atoms with Crippen LogP contribution in [0.3, 0.4) is 0 Å². The van der Waals surface area contributed by atoms with Crippen molar-refractivity contribution in [3.8, 4) is 0 Å². The van der Waals surface area contributed by atoms with Crippen LogP contribution in [0, 0.1) is 12.7 Å². The van der Waals surface area contributed by atoms with Gasteiger partial charge in [-0.15, -0.1) is 11.3 Å². The van der Waals surface area contributed by atoms with Crippen molar-refractivity contribution < 1.29 is 14.2 Å². The van der Waals surface area contributed by atoms with E-state index in [9.17, 15) is 9.50 Å². The second-order valence-corrected chi connectivity index (χ2v) is 6.48. The van der Waals surface area contributed by atoms with Gasteiger partial charge >= 0.3 is 0 Å². The number of likely N-dealkylation sites (N-methyl/N-ethyl adjacent to an activating group) is 1. The van der Waals surface area contributed by atoms with E-state index < -0.39 is 6.10 Å². The van der Waals surface area contributed by atoms with Gasteiger partial charge in [0.1, 0.15) is 5.82 Å². The van der Waals surface area contributed by atoms with E-state index >= 15 is 0 Å². The number of rotatable bonds is 8. The third-order valence-electron chi connectivity index (χ3n) is 3.43. The molecule has 0 radical (unpaired) electrons. The molecule has 1 aromatic heterocycles. The Morgan fingerprint density at radius 2 is 2.09 bits per heavy atom. The van der Waals surface area contributed by atoms with Crippen molar-refractivity contribution in [3.05, 3.63) is 57.5 Å². The minimum Gasteiger partial charge on any atom is -0.389 e. The zero-order chi connectivity index (χ0) is 15.9. The average Bonchev–Trinajstić information content (AvgIpc) is 2.86. The maximum atomic E-state index is 13.4. The predicted octanol–water partition coefficient (Wildman–Crippen LogP) is 3.21. The maximum absolute atomic E-state index is 13.4. The molecule has 2 aromatic rings. The first-order chi connectivity index (χ1) is 10.6. The number of nitrogens with zero attached hydrogens (tertiary/aromatic N) is 1. The van der Waals surface area contributed by atoms with Gasteiger partial charge in [0, 0.05) is 23.5 Å². The molecule has 2 rings (SSSR count). The van der Waals surface area contributed by atoms with Gasteiger partial charge in [0.15, 0.2) is 0 Å². The Morgan fingerprint density at radius 1 is 1.32 bits per heavy atom. The van der Waals surface area contributed by atoms with Crippen LogP contribution in [0.4, 0.5) is 4.39 Å². The van der Waals surface area contributed by atoms with E-state index in [4.69, 9.17) is 4.74 Å². The molecule has 3 nitrogen and oxygen atoms in total. The number of benzene rings is 1. The molecule has 5 heteroatoms. The summed E-state index contributed by atoms with van der Waals surface area (Å²) in [6, 6.07) is 8.62. The quantitative estimate of drug-likeness (QED) is 0.810. The Balaban J connectivity index is 1.70. The number of aliphatic hydroxyl groups excluding tert-OH is 1. The molecule has 0 fully saturated rings. The molecule has 0 bridgehead atoms. The molecular formula is C17H22FNO2S. The van der Waals surface area contributed by atoms with Crippen LogP contribution in [0.1, 0.15) is 16.0 Å². The fraction of sp³-hybridized carbons (Fsp3) is 0.412. The smallest absolute Gasteiger partial charge is 0.128 e. The van der Waals surface area contributed by atoms with Crippen molar-refractivity contribution in [2.24, 2.45) is 0 Å². The molecule has 0 aliphatic carbocycles. The van der Waals surface area contributed by atoms with Crippen LogP contribution in [0.15, 0.2) is 35.7 Å². The molecule has 0 spiro atoms. The molecule has 1 atom stereocenters. The van der Waals surface area contributed by atoms with Gasteiger partial charge in [-0.05, 0) is 37.0 Å². The summed E-state index contributed by atoms with van der Waals surface area (Å²) in [6.07, 6.45) is -0.586. The Morgan fingerprint density at radius 3 is 2.77 bits per heavy atom. The zero-order valence-electron chi connectivity index (χ0n) is 13.0. The molecule has 120 valence electrons. The third kappa shape index (κ3) is 5.18. The van der Waals surface area contributed by atoms with Crippen molar-refractivity contribution in [1.29, 1.82) is 0 Å². The summed E-state index contributed by atoms with van der Waals surface area (Å²) in [5, 5.41) is 12.1. The van der Waals surface area contributed by atoms with E-state index in [1.807, 2.05) is 7.05 Å². The largest absolute Gasteiger partial charge is 0.389 e. The summed E-state index contributed by atoms with van der Waals surface area (Å²) < 4.78 is 18.8. The van der Waals surface area contributed by atoms with Gasteiger partial charge in [0.25, 0.3) is 0 Å². The number of thiophene rings is 1. The molecule has 1 unspecified atom stereocenters. The van der Waals surface area contributed by atoms with Gasteiger partial charge < -0.3 is 9.84 Å². The lowest BCUT2D eigenvalue weighted by molar-refractivity contribution is 0.0120. The van der Waals surface area contributed by atoms with E-state index in [2.05, 4.69) is 23.3 Å². The maximum Gasteiger partial charge on any atom is 0.128 e. The van der Waals surface area contributed by atoms with Crippen LogP contribution in [0.25, 0.3) is 0 Å². The van der Waals surface area contributed by atoms with Crippen molar-refractivity contribution in [1.82, 2.24) is 4.90 Å². The van der Waals surface area contributed by atoms with Crippen LogP contribution >= 0.6 is 11.3 Å². The number of halogens is 1. The third-order valence-corrected chi connectivity index (χ3v) is 4.44. The summed E-state index contributed by atoms with van der Waals surface area (Å²) >= 11 is 1.73. The normalized spacial score (nSPS) is 12.8. The van der Waals surface area contributed by atoms with E-state index in [1.54, 1.807) is 29.5 Å². The second-order valence-electron chi connectivity index (χ2n) is 5.48. The zero-order valence-corrected chi connectivity index (χ0v) is 13.8. The standard InChI is InChI=1S/C17H22FNO2S/c1-13-7-8-22-17(13)10-19(2)9-15(20)12-21-11-14-5-3-4-6-16(14)18/h3-8,15,20H,9-12H2,1-2H3. The molecule has 22 heavy (non-hydrogen) atoms. The molecule has 0 amide bonds. The van der Waals surface area contributed by atoms with Crippen molar-refractivity contribution in [3.63, 3.8) is 0 Å². The Kier molecular flexibility index (Phi) is 6.51. The summed E-state index contributed by atoms with van der Waals surface area (Å²) in [5.74, 6) is -0.276. The first-order valence-electron chi connectivity index (χ1n) is 7.27. The predicted molar refractivity (Wildman–Crippen MR) is 87.5 cm³/mol. The van der Waals surface area contributed by atoms with Crippen LogP contribution < -0.4 is 0 Å². The minimum atomic E-state index is -0.586. The van der Waals surface area contributed by atoms with Gasteiger partial charge in [-0.3, -0.25) is 4.90 Å². The van der Waals surface area contributed by atoms with Crippen LogP contribution in [-0.2, 0) is 17.9 Å². The number of aliphatic hydroxyl groups is 1. The molecular weight excluding hydrogens is 301 g/mol. The highest BCUT2D eigenvalue weighted by Gasteiger charge is 2.11. The Bertz CT molecular complexity index is 588.